The van der Waals surface area contributed by atoms with Crippen molar-refractivity contribution in [3.8, 4) is 0 Å². The summed E-state index contributed by atoms with van der Waals surface area (Å²) in [6.45, 7) is 2.33. The number of nitrogen functional groups attached to an aromatic ring is 1. The predicted molar refractivity (Wildman–Crippen MR) is 63.2 cm³/mol. The molecule has 1 aliphatic heterocycles. The van der Waals surface area contributed by atoms with Crippen molar-refractivity contribution in [2.75, 3.05) is 25.9 Å². The normalized spacial score (nSPS) is 20.1. The van der Waals surface area contributed by atoms with Crippen LogP contribution in [-0.4, -0.2) is 25.0 Å². The molecule has 1 aliphatic rings. The zero-order valence-electron chi connectivity index (χ0n) is 8.29. The van der Waals surface area contributed by atoms with Crippen LogP contribution in [0.25, 0.3) is 0 Å². The smallest absolute Gasteiger partial charge is 0.116 e. The maximum absolute atomic E-state index is 5.96. The third kappa shape index (κ3) is 1.90. The lowest BCUT2D eigenvalue weighted by Gasteiger charge is -2.28. The highest BCUT2D eigenvalue weighted by Crippen LogP contribution is 2.38. The molecule has 1 aromatic rings. The van der Waals surface area contributed by atoms with Crippen LogP contribution in [-0.2, 0) is 0 Å². The van der Waals surface area contributed by atoms with Gasteiger partial charge >= 0.3 is 0 Å². The van der Waals surface area contributed by atoms with E-state index in [9.17, 15) is 0 Å². The van der Waals surface area contributed by atoms with Crippen molar-refractivity contribution in [2.45, 2.75) is 18.8 Å². The Labute approximate surface area is 93.7 Å². The monoisotopic (exact) mass is 230 g/mol. The number of rotatable bonds is 1. The first-order valence-corrected chi connectivity index (χ1v) is 6.15. The van der Waals surface area contributed by atoms with E-state index in [0.29, 0.717) is 5.92 Å². The highest BCUT2D eigenvalue weighted by molar-refractivity contribution is 7.15. The second-order valence-corrected chi connectivity index (χ2v) is 5.44. The van der Waals surface area contributed by atoms with Crippen LogP contribution in [0.2, 0.25) is 4.34 Å². The largest absolute Gasteiger partial charge is 0.397 e. The number of thiophene rings is 1. The Morgan fingerprint density at radius 3 is 2.64 bits per heavy atom. The minimum Gasteiger partial charge on any atom is -0.397 e. The average molecular weight is 231 g/mol. The summed E-state index contributed by atoms with van der Waals surface area (Å²) < 4.78 is 0.749. The summed E-state index contributed by atoms with van der Waals surface area (Å²) in [6, 6.07) is 0. The SMILES string of the molecule is CN1CCC(c2csc(Cl)c2N)CC1. The van der Waals surface area contributed by atoms with E-state index >= 15 is 0 Å². The Balaban J connectivity index is 2.12. The molecule has 0 aromatic carbocycles. The van der Waals surface area contributed by atoms with Crippen LogP contribution in [0.5, 0.6) is 0 Å². The van der Waals surface area contributed by atoms with Gasteiger partial charge in [-0.15, -0.1) is 11.3 Å². The predicted octanol–water partition coefficient (Wildman–Crippen LogP) is 2.79. The lowest BCUT2D eigenvalue weighted by Crippen LogP contribution is -2.29. The van der Waals surface area contributed by atoms with Crippen LogP contribution in [0, 0.1) is 0 Å². The van der Waals surface area contributed by atoms with Crippen LogP contribution in [0.15, 0.2) is 5.38 Å². The van der Waals surface area contributed by atoms with Gasteiger partial charge in [-0.3, -0.25) is 0 Å². The summed E-state index contributed by atoms with van der Waals surface area (Å²) in [6.07, 6.45) is 2.40. The molecule has 1 aromatic heterocycles. The summed E-state index contributed by atoms with van der Waals surface area (Å²) in [5.74, 6) is 0.620. The van der Waals surface area contributed by atoms with Crippen molar-refractivity contribution in [2.24, 2.45) is 0 Å². The number of hydrogen-bond donors (Lipinski definition) is 1. The quantitative estimate of drug-likeness (QED) is 0.804. The molecule has 0 amide bonds. The molecule has 2 rings (SSSR count). The van der Waals surface area contributed by atoms with Gasteiger partial charge in [0.1, 0.15) is 4.34 Å². The first kappa shape index (κ1) is 10.3. The van der Waals surface area contributed by atoms with Crippen molar-refractivity contribution >= 4 is 28.6 Å². The second-order valence-electron chi connectivity index (χ2n) is 3.96. The third-order valence-electron chi connectivity index (χ3n) is 2.97. The fraction of sp³-hybridized carbons (Fsp3) is 0.600. The van der Waals surface area contributed by atoms with E-state index in [1.165, 1.54) is 18.4 Å². The minimum atomic E-state index is 0.620. The average Bonchev–Trinajstić information content (AvgIpc) is 2.50. The molecule has 0 spiro atoms. The lowest BCUT2D eigenvalue weighted by atomic mass is 9.91. The molecular formula is C10H15ClN2S. The molecule has 1 fully saturated rings. The molecule has 2 nitrogen and oxygen atoms in total. The van der Waals surface area contributed by atoms with Crippen LogP contribution < -0.4 is 5.73 Å². The van der Waals surface area contributed by atoms with E-state index in [4.69, 9.17) is 17.3 Å². The Kier molecular flexibility index (Phi) is 3.00. The number of hydrogen-bond acceptors (Lipinski definition) is 3. The van der Waals surface area contributed by atoms with E-state index in [2.05, 4.69) is 17.3 Å². The number of anilines is 1. The highest BCUT2D eigenvalue weighted by atomic mass is 35.5. The van der Waals surface area contributed by atoms with Crippen molar-refractivity contribution in [3.63, 3.8) is 0 Å². The van der Waals surface area contributed by atoms with Gasteiger partial charge in [-0.05, 0) is 49.8 Å². The molecule has 14 heavy (non-hydrogen) atoms. The number of piperidine rings is 1. The first-order valence-electron chi connectivity index (χ1n) is 4.89. The Morgan fingerprint density at radius 2 is 2.14 bits per heavy atom. The van der Waals surface area contributed by atoms with Gasteiger partial charge < -0.3 is 10.6 Å². The van der Waals surface area contributed by atoms with Crippen LogP contribution >= 0.6 is 22.9 Å². The summed E-state index contributed by atoms with van der Waals surface area (Å²) >= 11 is 7.51. The highest BCUT2D eigenvalue weighted by Gasteiger charge is 2.21. The maximum atomic E-state index is 5.96. The van der Waals surface area contributed by atoms with E-state index in [1.54, 1.807) is 11.3 Å². The zero-order valence-corrected chi connectivity index (χ0v) is 9.87. The minimum absolute atomic E-state index is 0.620. The van der Waals surface area contributed by atoms with Crippen molar-refractivity contribution in [1.82, 2.24) is 4.90 Å². The van der Waals surface area contributed by atoms with Crippen LogP contribution in [0.4, 0.5) is 5.69 Å². The van der Waals surface area contributed by atoms with Crippen molar-refractivity contribution in [3.05, 3.63) is 15.3 Å². The fourth-order valence-corrected chi connectivity index (χ4v) is 3.03. The number of halogens is 1. The van der Waals surface area contributed by atoms with Gasteiger partial charge in [-0.2, -0.15) is 0 Å². The fourth-order valence-electron chi connectivity index (χ4n) is 1.99. The molecule has 4 heteroatoms. The molecule has 2 N–H and O–H groups in total. The van der Waals surface area contributed by atoms with Gasteiger partial charge in [0, 0.05) is 0 Å². The molecule has 0 bridgehead atoms. The van der Waals surface area contributed by atoms with Gasteiger partial charge in [-0.25, -0.2) is 0 Å². The van der Waals surface area contributed by atoms with E-state index in [1.807, 2.05) is 0 Å². The molecule has 0 saturated carbocycles. The number of nitrogens with two attached hydrogens (primary N) is 1. The Morgan fingerprint density at radius 1 is 1.50 bits per heavy atom. The van der Waals surface area contributed by atoms with Gasteiger partial charge in [0.05, 0.1) is 5.69 Å². The lowest BCUT2D eigenvalue weighted by molar-refractivity contribution is 0.256. The zero-order chi connectivity index (χ0) is 10.1. The molecule has 0 unspecified atom stereocenters. The first-order chi connectivity index (χ1) is 6.68. The second kappa shape index (κ2) is 4.09. The maximum Gasteiger partial charge on any atom is 0.116 e. The number of likely N-dealkylation sites (tertiary alicyclic amines) is 1. The Bertz CT molecular complexity index is 316. The van der Waals surface area contributed by atoms with Gasteiger partial charge in [0.15, 0.2) is 0 Å². The molecular weight excluding hydrogens is 216 g/mol. The molecule has 2 heterocycles. The summed E-state index contributed by atoms with van der Waals surface area (Å²) in [5.41, 5.74) is 8.02. The van der Waals surface area contributed by atoms with Crippen LogP contribution in [0.3, 0.4) is 0 Å². The third-order valence-corrected chi connectivity index (χ3v) is 4.24. The molecule has 78 valence electrons. The standard InChI is InChI=1S/C10H15ClN2S/c1-13-4-2-7(3-5-13)8-6-14-10(11)9(8)12/h6-7H,2-5,12H2,1H3. The van der Waals surface area contributed by atoms with E-state index < -0.39 is 0 Å². The van der Waals surface area contributed by atoms with Crippen LogP contribution in [0.1, 0.15) is 24.3 Å². The molecule has 0 radical (unpaired) electrons. The molecule has 1 saturated heterocycles. The van der Waals surface area contributed by atoms with Crippen molar-refractivity contribution < 1.29 is 0 Å². The van der Waals surface area contributed by atoms with Gasteiger partial charge in [0.2, 0.25) is 0 Å². The summed E-state index contributed by atoms with van der Waals surface area (Å²) in [4.78, 5) is 2.36. The van der Waals surface area contributed by atoms with Gasteiger partial charge in [0.25, 0.3) is 0 Å². The van der Waals surface area contributed by atoms with E-state index in [-0.39, 0.29) is 0 Å². The Hall–Kier alpha value is -0.250. The molecule has 0 aliphatic carbocycles. The summed E-state index contributed by atoms with van der Waals surface area (Å²) in [5, 5.41) is 2.12. The topological polar surface area (TPSA) is 29.3 Å². The molecule has 0 atom stereocenters. The van der Waals surface area contributed by atoms with E-state index in [0.717, 1.165) is 23.1 Å². The summed E-state index contributed by atoms with van der Waals surface area (Å²) in [7, 11) is 2.17. The van der Waals surface area contributed by atoms with Crippen molar-refractivity contribution in [1.29, 1.82) is 0 Å². The number of nitrogens with zero attached hydrogens (tertiary/aromatic N) is 1. The van der Waals surface area contributed by atoms with Gasteiger partial charge in [-0.1, -0.05) is 11.6 Å².